The van der Waals surface area contributed by atoms with E-state index in [-0.39, 0.29) is 29.5 Å². The van der Waals surface area contributed by atoms with Gasteiger partial charge in [0.2, 0.25) is 5.91 Å². The minimum atomic E-state index is -0.324. The molecule has 8 heteroatoms. The summed E-state index contributed by atoms with van der Waals surface area (Å²) in [6.45, 7) is 2.83. The average molecular weight is 300 g/mol. The number of hydrogen-bond acceptors (Lipinski definition) is 7. The number of carbonyl (C=O) groups excluding carboxylic acids is 2. The number of carbonyl (C=O) groups is 2. The summed E-state index contributed by atoms with van der Waals surface area (Å²) in [7, 11) is 0. The molecule has 0 aromatic carbocycles. The fourth-order valence-corrected chi connectivity index (χ4v) is 2.25. The van der Waals surface area contributed by atoms with Gasteiger partial charge in [-0.2, -0.15) is 0 Å². The molecule has 2 rings (SSSR count). The van der Waals surface area contributed by atoms with Gasteiger partial charge in [0.1, 0.15) is 11.9 Å². The number of ether oxygens (including phenoxy) is 2. The second-order valence-electron chi connectivity index (χ2n) is 4.34. The van der Waals surface area contributed by atoms with E-state index in [2.05, 4.69) is 10.5 Å². The SMILES string of the molecule is Cc1cc(NC(=O)CSCC(=O)O[C@@H]2CCOC2)no1. The Balaban J connectivity index is 1.60. The van der Waals surface area contributed by atoms with Crippen molar-refractivity contribution in [3.05, 3.63) is 11.8 Å². The predicted molar refractivity (Wildman–Crippen MR) is 72.5 cm³/mol. The molecule has 1 aliphatic heterocycles. The molecule has 1 aliphatic rings. The summed E-state index contributed by atoms with van der Waals surface area (Å²) < 4.78 is 15.1. The molecule has 110 valence electrons. The van der Waals surface area contributed by atoms with Crippen molar-refractivity contribution in [2.24, 2.45) is 0 Å². The normalized spacial score (nSPS) is 17.9. The highest BCUT2D eigenvalue weighted by atomic mass is 32.2. The third kappa shape index (κ3) is 4.86. The lowest BCUT2D eigenvalue weighted by atomic mass is 10.3. The van der Waals surface area contributed by atoms with Gasteiger partial charge in [-0.25, -0.2) is 0 Å². The molecule has 0 spiro atoms. The Morgan fingerprint density at radius 2 is 2.40 bits per heavy atom. The van der Waals surface area contributed by atoms with Gasteiger partial charge in [0, 0.05) is 12.5 Å². The Morgan fingerprint density at radius 1 is 1.55 bits per heavy atom. The minimum absolute atomic E-state index is 0.141. The minimum Gasteiger partial charge on any atom is -0.459 e. The first-order valence-corrected chi connectivity index (χ1v) is 7.37. The van der Waals surface area contributed by atoms with Gasteiger partial charge in [-0.15, -0.1) is 11.8 Å². The van der Waals surface area contributed by atoms with Crippen LogP contribution in [0.15, 0.2) is 10.6 Å². The second kappa shape index (κ2) is 7.30. The van der Waals surface area contributed by atoms with Crippen molar-refractivity contribution in [3.8, 4) is 0 Å². The number of nitrogens with one attached hydrogen (secondary N) is 1. The van der Waals surface area contributed by atoms with Crippen LogP contribution in [0.2, 0.25) is 0 Å². The molecule has 7 nitrogen and oxygen atoms in total. The van der Waals surface area contributed by atoms with Gasteiger partial charge in [-0.05, 0) is 6.92 Å². The van der Waals surface area contributed by atoms with Gasteiger partial charge in [0.15, 0.2) is 5.82 Å². The van der Waals surface area contributed by atoms with Crippen LogP contribution in [0.5, 0.6) is 0 Å². The molecule has 0 aliphatic carbocycles. The monoisotopic (exact) mass is 300 g/mol. The van der Waals surface area contributed by atoms with E-state index in [1.165, 1.54) is 11.8 Å². The largest absolute Gasteiger partial charge is 0.459 e. The van der Waals surface area contributed by atoms with Crippen LogP contribution < -0.4 is 5.32 Å². The average Bonchev–Trinajstić information content (AvgIpc) is 3.01. The van der Waals surface area contributed by atoms with Crippen molar-refractivity contribution in [1.29, 1.82) is 0 Å². The fourth-order valence-electron chi connectivity index (χ4n) is 1.66. The Bertz CT molecular complexity index is 470. The van der Waals surface area contributed by atoms with Crippen LogP contribution in [0.4, 0.5) is 5.82 Å². The van der Waals surface area contributed by atoms with Crippen LogP contribution >= 0.6 is 11.8 Å². The summed E-state index contributed by atoms with van der Waals surface area (Å²) in [6, 6.07) is 1.62. The number of thioether (sulfide) groups is 1. The Labute approximate surface area is 120 Å². The van der Waals surface area contributed by atoms with E-state index in [0.29, 0.717) is 24.8 Å². The maximum atomic E-state index is 11.6. The highest BCUT2D eigenvalue weighted by molar-refractivity contribution is 8.00. The van der Waals surface area contributed by atoms with E-state index >= 15 is 0 Å². The van der Waals surface area contributed by atoms with E-state index in [0.717, 1.165) is 6.42 Å². The van der Waals surface area contributed by atoms with Gasteiger partial charge >= 0.3 is 5.97 Å². The molecular formula is C12H16N2O5S. The van der Waals surface area contributed by atoms with Crippen molar-refractivity contribution < 1.29 is 23.6 Å². The molecule has 20 heavy (non-hydrogen) atoms. The molecule has 1 aromatic heterocycles. The summed E-state index contributed by atoms with van der Waals surface area (Å²) in [6.07, 6.45) is 0.595. The number of amides is 1. The topological polar surface area (TPSA) is 90.7 Å². The van der Waals surface area contributed by atoms with E-state index in [4.69, 9.17) is 14.0 Å². The molecule has 1 N–H and O–H groups in total. The number of aryl methyl sites for hydroxylation is 1. The molecule has 0 saturated carbocycles. The zero-order valence-corrected chi connectivity index (χ0v) is 11.9. The first kappa shape index (κ1) is 14.9. The van der Waals surface area contributed by atoms with Crippen LogP contribution in [0, 0.1) is 6.92 Å². The number of aromatic nitrogens is 1. The number of anilines is 1. The molecule has 1 saturated heterocycles. The Morgan fingerprint density at radius 3 is 3.05 bits per heavy atom. The van der Waals surface area contributed by atoms with Gasteiger partial charge in [-0.1, -0.05) is 5.16 Å². The molecule has 1 atom stereocenters. The van der Waals surface area contributed by atoms with Crippen molar-refractivity contribution in [3.63, 3.8) is 0 Å². The Hall–Kier alpha value is -1.54. The summed E-state index contributed by atoms with van der Waals surface area (Å²) >= 11 is 1.19. The lowest BCUT2D eigenvalue weighted by Gasteiger charge is -2.09. The van der Waals surface area contributed by atoms with Gasteiger partial charge in [0.05, 0.1) is 24.7 Å². The number of hydrogen-bond donors (Lipinski definition) is 1. The Kier molecular flexibility index (Phi) is 5.42. The lowest BCUT2D eigenvalue weighted by molar-refractivity contribution is -0.145. The molecule has 0 bridgehead atoms. The van der Waals surface area contributed by atoms with Crippen LogP contribution in [0.3, 0.4) is 0 Å². The van der Waals surface area contributed by atoms with Crippen molar-refractivity contribution in [2.75, 3.05) is 30.0 Å². The summed E-state index contributed by atoms with van der Waals surface area (Å²) in [5, 5.41) is 6.22. The van der Waals surface area contributed by atoms with E-state index < -0.39 is 0 Å². The van der Waals surface area contributed by atoms with Gasteiger partial charge in [-0.3, -0.25) is 9.59 Å². The third-order valence-corrected chi connectivity index (χ3v) is 3.44. The van der Waals surface area contributed by atoms with Crippen molar-refractivity contribution >= 4 is 29.5 Å². The quantitative estimate of drug-likeness (QED) is 0.783. The molecule has 1 fully saturated rings. The fraction of sp³-hybridized carbons (Fsp3) is 0.583. The number of rotatable bonds is 6. The maximum absolute atomic E-state index is 11.6. The van der Waals surface area contributed by atoms with E-state index in [1.54, 1.807) is 13.0 Å². The molecule has 1 aromatic rings. The first-order chi connectivity index (χ1) is 9.63. The second-order valence-corrected chi connectivity index (χ2v) is 5.32. The standard InChI is InChI=1S/C12H16N2O5S/c1-8-4-10(14-19-8)13-11(15)6-20-7-12(16)18-9-2-3-17-5-9/h4,9H,2-3,5-7H2,1H3,(H,13,14,15)/t9-/m1/s1. The van der Waals surface area contributed by atoms with E-state index in [1.807, 2.05) is 0 Å². The maximum Gasteiger partial charge on any atom is 0.316 e. The first-order valence-electron chi connectivity index (χ1n) is 6.21. The molecule has 0 radical (unpaired) electrons. The highest BCUT2D eigenvalue weighted by Gasteiger charge is 2.19. The summed E-state index contributed by atoms with van der Waals surface area (Å²) in [5.74, 6) is 0.731. The zero-order chi connectivity index (χ0) is 14.4. The number of esters is 1. The van der Waals surface area contributed by atoms with Crippen LogP contribution in [-0.4, -0.2) is 47.9 Å². The van der Waals surface area contributed by atoms with Crippen molar-refractivity contribution in [2.45, 2.75) is 19.4 Å². The van der Waals surface area contributed by atoms with Gasteiger partial charge < -0.3 is 19.3 Å². The van der Waals surface area contributed by atoms with E-state index in [9.17, 15) is 9.59 Å². The summed E-state index contributed by atoms with van der Waals surface area (Å²) in [5.41, 5.74) is 0. The van der Waals surface area contributed by atoms with Crippen LogP contribution in [0.1, 0.15) is 12.2 Å². The van der Waals surface area contributed by atoms with Gasteiger partial charge in [0.25, 0.3) is 0 Å². The molecule has 0 unspecified atom stereocenters. The van der Waals surface area contributed by atoms with Crippen molar-refractivity contribution in [1.82, 2.24) is 5.16 Å². The smallest absolute Gasteiger partial charge is 0.316 e. The summed E-state index contributed by atoms with van der Waals surface area (Å²) in [4.78, 5) is 23.0. The lowest BCUT2D eigenvalue weighted by Crippen LogP contribution is -2.21. The third-order valence-electron chi connectivity index (χ3n) is 2.53. The highest BCUT2D eigenvalue weighted by Crippen LogP contribution is 2.11. The predicted octanol–water partition coefficient (Wildman–Crippen LogP) is 0.987. The van der Waals surface area contributed by atoms with Crippen LogP contribution in [0.25, 0.3) is 0 Å². The zero-order valence-electron chi connectivity index (χ0n) is 11.1. The van der Waals surface area contributed by atoms with Crippen LogP contribution in [-0.2, 0) is 19.1 Å². The number of nitrogens with zero attached hydrogens (tertiary/aromatic N) is 1. The molecule has 1 amide bonds. The molecule has 2 heterocycles. The molecular weight excluding hydrogens is 284 g/mol.